The molecular weight excluding hydrogens is 306 g/mol. The van der Waals surface area contributed by atoms with Crippen LogP contribution >= 0.6 is 15.9 Å². The lowest BCUT2D eigenvalue weighted by Gasteiger charge is -2.14. The minimum absolute atomic E-state index is 0.194. The Morgan fingerprint density at radius 2 is 2.32 bits per heavy atom. The summed E-state index contributed by atoms with van der Waals surface area (Å²) in [6.45, 7) is 6.77. The summed E-state index contributed by atoms with van der Waals surface area (Å²) in [7, 11) is 0. The van der Waals surface area contributed by atoms with Crippen LogP contribution in [0.1, 0.15) is 32.3 Å². The van der Waals surface area contributed by atoms with Gasteiger partial charge < -0.3 is 14.8 Å². The highest BCUT2D eigenvalue weighted by atomic mass is 79.9. The van der Waals surface area contributed by atoms with E-state index in [0.29, 0.717) is 6.10 Å². The molecule has 1 saturated heterocycles. The maximum atomic E-state index is 5.70. The molecule has 1 atom stereocenters. The fourth-order valence-electron chi connectivity index (χ4n) is 2.19. The number of nitrogens with one attached hydrogen (secondary N) is 1. The molecule has 106 valence electrons. The topological polar surface area (TPSA) is 30.5 Å². The minimum atomic E-state index is 0.194. The van der Waals surface area contributed by atoms with Crippen molar-refractivity contribution in [3.8, 4) is 5.75 Å². The molecule has 19 heavy (non-hydrogen) atoms. The van der Waals surface area contributed by atoms with Crippen molar-refractivity contribution in [2.75, 3.05) is 13.2 Å². The summed E-state index contributed by atoms with van der Waals surface area (Å²) < 4.78 is 12.3. The zero-order chi connectivity index (χ0) is 13.7. The predicted molar refractivity (Wildman–Crippen MR) is 80.6 cm³/mol. The van der Waals surface area contributed by atoms with Gasteiger partial charge in [-0.05, 0) is 60.3 Å². The molecule has 1 aromatic rings. The summed E-state index contributed by atoms with van der Waals surface area (Å²) in [5, 5.41) is 3.44. The highest BCUT2D eigenvalue weighted by molar-refractivity contribution is 9.10. The second kappa shape index (κ2) is 7.27. The van der Waals surface area contributed by atoms with Gasteiger partial charge in [-0.25, -0.2) is 0 Å². The van der Waals surface area contributed by atoms with Crippen LogP contribution in [0.5, 0.6) is 5.75 Å². The molecule has 1 unspecified atom stereocenters. The van der Waals surface area contributed by atoms with E-state index in [-0.39, 0.29) is 6.10 Å². The number of ether oxygens (including phenoxy) is 2. The number of hydrogen-bond acceptors (Lipinski definition) is 3. The van der Waals surface area contributed by atoms with Crippen molar-refractivity contribution in [3.63, 3.8) is 0 Å². The molecule has 0 bridgehead atoms. The Balaban J connectivity index is 1.81. The first-order chi connectivity index (χ1) is 9.15. The monoisotopic (exact) mass is 327 g/mol. The molecule has 0 amide bonds. The van der Waals surface area contributed by atoms with Gasteiger partial charge in [-0.15, -0.1) is 0 Å². The summed E-state index contributed by atoms with van der Waals surface area (Å²) >= 11 is 3.56. The second-order valence-corrected chi connectivity index (χ2v) is 6.05. The molecule has 1 aliphatic rings. The first kappa shape index (κ1) is 14.8. The Bertz CT molecular complexity index is 403. The maximum absolute atomic E-state index is 5.70. The van der Waals surface area contributed by atoms with E-state index in [1.807, 2.05) is 19.9 Å². The van der Waals surface area contributed by atoms with Crippen LogP contribution in [0.3, 0.4) is 0 Å². The highest BCUT2D eigenvalue weighted by Gasteiger charge is 2.14. The van der Waals surface area contributed by atoms with Gasteiger partial charge in [0.25, 0.3) is 0 Å². The summed E-state index contributed by atoms with van der Waals surface area (Å²) in [4.78, 5) is 0. The van der Waals surface area contributed by atoms with Crippen molar-refractivity contribution in [1.29, 1.82) is 0 Å². The highest BCUT2D eigenvalue weighted by Crippen LogP contribution is 2.26. The number of rotatable bonds is 6. The average molecular weight is 328 g/mol. The molecule has 0 aromatic heterocycles. The lowest BCUT2D eigenvalue weighted by molar-refractivity contribution is 0.110. The standard InChI is InChI=1S/C15H22BrNO2/c1-11(2)19-15-6-5-12(8-14(15)16)9-17-10-13-4-3-7-18-13/h5-6,8,11,13,17H,3-4,7,9-10H2,1-2H3. The maximum Gasteiger partial charge on any atom is 0.133 e. The van der Waals surface area contributed by atoms with E-state index in [4.69, 9.17) is 9.47 Å². The molecular formula is C15H22BrNO2. The quantitative estimate of drug-likeness (QED) is 0.867. The van der Waals surface area contributed by atoms with Gasteiger partial charge in [0.2, 0.25) is 0 Å². The smallest absolute Gasteiger partial charge is 0.133 e. The third-order valence-corrected chi connectivity index (χ3v) is 3.70. The van der Waals surface area contributed by atoms with Crippen molar-refractivity contribution < 1.29 is 9.47 Å². The SMILES string of the molecule is CC(C)Oc1ccc(CNCC2CCCO2)cc1Br. The van der Waals surface area contributed by atoms with Gasteiger partial charge in [0.15, 0.2) is 0 Å². The fourth-order valence-corrected chi connectivity index (χ4v) is 2.71. The molecule has 0 spiro atoms. The molecule has 1 aromatic carbocycles. The van der Waals surface area contributed by atoms with Gasteiger partial charge in [0.05, 0.1) is 16.7 Å². The van der Waals surface area contributed by atoms with E-state index >= 15 is 0 Å². The number of benzene rings is 1. The van der Waals surface area contributed by atoms with Crippen molar-refractivity contribution in [3.05, 3.63) is 28.2 Å². The van der Waals surface area contributed by atoms with Crippen molar-refractivity contribution in [1.82, 2.24) is 5.32 Å². The Kier molecular flexibility index (Phi) is 5.67. The molecule has 1 aliphatic heterocycles. The van der Waals surface area contributed by atoms with Crippen LogP contribution in [0.2, 0.25) is 0 Å². The van der Waals surface area contributed by atoms with E-state index in [9.17, 15) is 0 Å². The van der Waals surface area contributed by atoms with Crippen LogP contribution in [0.15, 0.2) is 22.7 Å². The average Bonchev–Trinajstić information content (AvgIpc) is 2.85. The van der Waals surface area contributed by atoms with Gasteiger partial charge in [-0.2, -0.15) is 0 Å². The van der Waals surface area contributed by atoms with Crippen LogP contribution in [0, 0.1) is 0 Å². The van der Waals surface area contributed by atoms with E-state index in [1.165, 1.54) is 18.4 Å². The summed E-state index contributed by atoms with van der Waals surface area (Å²) in [5.41, 5.74) is 1.25. The van der Waals surface area contributed by atoms with Crippen molar-refractivity contribution >= 4 is 15.9 Å². The Morgan fingerprint density at radius 1 is 1.47 bits per heavy atom. The van der Waals surface area contributed by atoms with Crippen LogP contribution < -0.4 is 10.1 Å². The van der Waals surface area contributed by atoms with Crippen molar-refractivity contribution in [2.45, 2.75) is 45.4 Å². The largest absolute Gasteiger partial charge is 0.490 e. The van der Waals surface area contributed by atoms with E-state index in [2.05, 4.69) is 33.4 Å². The van der Waals surface area contributed by atoms with E-state index < -0.39 is 0 Å². The molecule has 0 radical (unpaired) electrons. The number of halogens is 1. The molecule has 3 nitrogen and oxygen atoms in total. The van der Waals surface area contributed by atoms with E-state index in [1.54, 1.807) is 0 Å². The lowest BCUT2D eigenvalue weighted by Crippen LogP contribution is -2.25. The second-order valence-electron chi connectivity index (χ2n) is 5.20. The van der Waals surface area contributed by atoms with Crippen LogP contribution in [-0.4, -0.2) is 25.4 Å². The van der Waals surface area contributed by atoms with Gasteiger partial charge in [-0.1, -0.05) is 6.07 Å². The summed E-state index contributed by atoms with van der Waals surface area (Å²) in [6, 6.07) is 6.23. The van der Waals surface area contributed by atoms with Gasteiger partial charge in [-0.3, -0.25) is 0 Å². The third kappa shape index (κ3) is 4.79. The van der Waals surface area contributed by atoms with Crippen LogP contribution in [0.25, 0.3) is 0 Å². The molecule has 1 N–H and O–H groups in total. The molecule has 1 fully saturated rings. The first-order valence-corrected chi connectivity index (χ1v) is 7.72. The van der Waals surface area contributed by atoms with Crippen LogP contribution in [0.4, 0.5) is 0 Å². The summed E-state index contributed by atoms with van der Waals surface area (Å²) in [6.07, 6.45) is 2.96. The Hall–Kier alpha value is -0.580. The first-order valence-electron chi connectivity index (χ1n) is 6.92. The minimum Gasteiger partial charge on any atom is -0.490 e. The van der Waals surface area contributed by atoms with Crippen LogP contribution in [-0.2, 0) is 11.3 Å². The molecule has 0 aliphatic carbocycles. The van der Waals surface area contributed by atoms with Gasteiger partial charge in [0, 0.05) is 19.7 Å². The van der Waals surface area contributed by atoms with E-state index in [0.717, 1.165) is 29.9 Å². The Morgan fingerprint density at radius 3 is 2.95 bits per heavy atom. The fraction of sp³-hybridized carbons (Fsp3) is 0.600. The third-order valence-electron chi connectivity index (χ3n) is 3.08. The zero-order valence-electron chi connectivity index (χ0n) is 11.6. The lowest BCUT2D eigenvalue weighted by atomic mass is 10.2. The van der Waals surface area contributed by atoms with Gasteiger partial charge >= 0.3 is 0 Å². The Labute approximate surface area is 123 Å². The number of hydrogen-bond donors (Lipinski definition) is 1. The predicted octanol–water partition coefficient (Wildman–Crippen LogP) is 3.50. The molecule has 4 heteroatoms. The molecule has 2 rings (SSSR count). The normalized spacial score (nSPS) is 19.1. The molecule has 1 heterocycles. The van der Waals surface area contributed by atoms with Crippen molar-refractivity contribution in [2.24, 2.45) is 0 Å². The van der Waals surface area contributed by atoms with Gasteiger partial charge in [0.1, 0.15) is 5.75 Å². The molecule has 0 saturated carbocycles. The summed E-state index contributed by atoms with van der Waals surface area (Å²) in [5.74, 6) is 0.901. The zero-order valence-corrected chi connectivity index (χ0v) is 13.2.